The van der Waals surface area contributed by atoms with Crippen molar-refractivity contribution >= 4 is 0 Å². The molecule has 0 amide bonds. The topological polar surface area (TPSA) is 49.7 Å². The van der Waals surface area contributed by atoms with Gasteiger partial charge in [0.25, 0.3) is 0 Å². The van der Waals surface area contributed by atoms with Crippen LogP contribution < -0.4 is 0 Å². The molecule has 0 saturated heterocycles. The second-order valence-electron chi connectivity index (χ2n) is 3.64. The van der Waals surface area contributed by atoms with Gasteiger partial charge in [0.15, 0.2) is 0 Å². The number of ether oxygens (including phenoxy) is 1. The van der Waals surface area contributed by atoms with Crippen molar-refractivity contribution in [3.8, 4) is 0 Å². The molecule has 0 spiro atoms. The SMILES string of the molecule is C=C[C@H](C[C@@H](O)CO)OCc1ccccc1. The van der Waals surface area contributed by atoms with Gasteiger partial charge in [-0.3, -0.25) is 0 Å². The van der Waals surface area contributed by atoms with Crippen molar-refractivity contribution in [1.82, 2.24) is 0 Å². The van der Waals surface area contributed by atoms with Crippen molar-refractivity contribution in [2.75, 3.05) is 6.61 Å². The zero-order valence-corrected chi connectivity index (χ0v) is 9.25. The van der Waals surface area contributed by atoms with E-state index in [1.165, 1.54) is 0 Å². The van der Waals surface area contributed by atoms with Crippen LogP contribution in [-0.2, 0) is 11.3 Å². The van der Waals surface area contributed by atoms with E-state index in [2.05, 4.69) is 6.58 Å². The van der Waals surface area contributed by atoms with Gasteiger partial charge in [0, 0.05) is 6.42 Å². The monoisotopic (exact) mass is 222 g/mol. The predicted molar refractivity (Wildman–Crippen MR) is 62.9 cm³/mol. The molecule has 16 heavy (non-hydrogen) atoms. The number of rotatable bonds is 7. The second-order valence-corrected chi connectivity index (χ2v) is 3.64. The van der Waals surface area contributed by atoms with Crippen LogP contribution in [0, 0.1) is 0 Å². The molecule has 3 nitrogen and oxygen atoms in total. The Morgan fingerprint density at radius 3 is 2.56 bits per heavy atom. The maximum absolute atomic E-state index is 9.28. The molecule has 0 fully saturated rings. The molecule has 0 radical (unpaired) electrons. The van der Waals surface area contributed by atoms with Gasteiger partial charge in [-0.1, -0.05) is 36.4 Å². The van der Waals surface area contributed by atoms with E-state index in [0.717, 1.165) is 5.56 Å². The molecule has 0 aliphatic carbocycles. The van der Waals surface area contributed by atoms with Crippen molar-refractivity contribution < 1.29 is 14.9 Å². The molecule has 1 aromatic carbocycles. The third-order valence-corrected chi connectivity index (χ3v) is 2.28. The van der Waals surface area contributed by atoms with E-state index in [4.69, 9.17) is 9.84 Å². The molecule has 0 heterocycles. The van der Waals surface area contributed by atoms with Crippen molar-refractivity contribution in [2.24, 2.45) is 0 Å². The Hall–Kier alpha value is -1.16. The number of aliphatic hydroxyl groups is 2. The lowest BCUT2D eigenvalue weighted by atomic mass is 10.1. The minimum absolute atomic E-state index is 0.234. The molecule has 2 atom stereocenters. The Balaban J connectivity index is 2.37. The molecule has 88 valence electrons. The first-order chi connectivity index (χ1) is 7.76. The van der Waals surface area contributed by atoms with E-state index in [-0.39, 0.29) is 12.7 Å². The Bertz CT molecular complexity index is 297. The molecule has 0 aromatic heterocycles. The van der Waals surface area contributed by atoms with Crippen LogP contribution in [0.2, 0.25) is 0 Å². The number of hydrogen-bond donors (Lipinski definition) is 2. The molecule has 0 bridgehead atoms. The smallest absolute Gasteiger partial charge is 0.0798 e. The molecule has 3 heteroatoms. The fourth-order valence-corrected chi connectivity index (χ4v) is 1.35. The number of benzene rings is 1. The van der Waals surface area contributed by atoms with Crippen LogP contribution >= 0.6 is 0 Å². The Morgan fingerprint density at radius 2 is 2.00 bits per heavy atom. The van der Waals surface area contributed by atoms with E-state index >= 15 is 0 Å². The normalized spacial score (nSPS) is 14.4. The van der Waals surface area contributed by atoms with Gasteiger partial charge in [0.1, 0.15) is 0 Å². The number of aliphatic hydroxyl groups excluding tert-OH is 2. The Kier molecular flexibility index (Phi) is 5.78. The minimum Gasteiger partial charge on any atom is -0.394 e. The van der Waals surface area contributed by atoms with Crippen molar-refractivity contribution in [3.05, 3.63) is 48.6 Å². The van der Waals surface area contributed by atoms with Crippen LogP contribution in [0.25, 0.3) is 0 Å². The average Bonchev–Trinajstić information content (AvgIpc) is 2.35. The molecule has 0 aliphatic heterocycles. The van der Waals surface area contributed by atoms with Gasteiger partial charge in [0.2, 0.25) is 0 Å². The summed E-state index contributed by atoms with van der Waals surface area (Å²) in [6.45, 7) is 3.87. The van der Waals surface area contributed by atoms with Crippen LogP contribution in [0.4, 0.5) is 0 Å². The quantitative estimate of drug-likeness (QED) is 0.687. The summed E-state index contributed by atoms with van der Waals surface area (Å²) in [6.07, 6.45) is 1.02. The molecule has 0 aliphatic rings. The van der Waals surface area contributed by atoms with E-state index in [9.17, 15) is 5.11 Å². The Morgan fingerprint density at radius 1 is 1.31 bits per heavy atom. The van der Waals surface area contributed by atoms with E-state index in [0.29, 0.717) is 13.0 Å². The van der Waals surface area contributed by atoms with Gasteiger partial charge in [0.05, 0.1) is 25.4 Å². The lowest BCUT2D eigenvalue weighted by molar-refractivity contribution is 0.0121. The molecule has 1 aromatic rings. The summed E-state index contributed by atoms with van der Waals surface area (Å²) in [6, 6.07) is 9.80. The highest BCUT2D eigenvalue weighted by Crippen LogP contribution is 2.08. The minimum atomic E-state index is -0.751. The standard InChI is InChI=1S/C13H18O3/c1-2-13(8-12(15)9-14)16-10-11-6-4-3-5-7-11/h2-7,12-15H,1,8-10H2/t12-,13-/m1/s1. The zero-order chi connectivity index (χ0) is 11.8. The maximum atomic E-state index is 9.28. The van der Waals surface area contributed by atoms with Crippen LogP contribution in [0.15, 0.2) is 43.0 Å². The third-order valence-electron chi connectivity index (χ3n) is 2.28. The molecular weight excluding hydrogens is 204 g/mol. The largest absolute Gasteiger partial charge is 0.394 e. The zero-order valence-electron chi connectivity index (χ0n) is 9.25. The summed E-state index contributed by atoms with van der Waals surface area (Å²) in [5, 5.41) is 18.0. The molecule has 1 rings (SSSR count). The van der Waals surface area contributed by atoms with Gasteiger partial charge in [-0.2, -0.15) is 0 Å². The summed E-state index contributed by atoms with van der Waals surface area (Å²) in [7, 11) is 0. The molecular formula is C13H18O3. The first-order valence-corrected chi connectivity index (χ1v) is 5.33. The van der Waals surface area contributed by atoms with Crippen molar-refractivity contribution in [3.63, 3.8) is 0 Å². The Labute approximate surface area is 96.0 Å². The molecule has 2 N–H and O–H groups in total. The molecule has 0 saturated carbocycles. The third kappa shape index (κ3) is 4.57. The van der Waals surface area contributed by atoms with Crippen molar-refractivity contribution in [1.29, 1.82) is 0 Å². The highest BCUT2D eigenvalue weighted by atomic mass is 16.5. The highest BCUT2D eigenvalue weighted by molar-refractivity contribution is 5.13. The maximum Gasteiger partial charge on any atom is 0.0798 e. The van der Waals surface area contributed by atoms with Gasteiger partial charge in [-0.15, -0.1) is 6.58 Å². The van der Waals surface area contributed by atoms with E-state index < -0.39 is 6.10 Å². The summed E-state index contributed by atoms with van der Waals surface area (Å²) < 4.78 is 5.56. The van der Waals surface area contributed by atoms with Crippen LogP contribution in [-0.4, -0.2) is 29.0 Å². The van der Waals surface area contributed by atoms with Crippen LogP contribution in [0.1, 0.15) is 12.0 Å². The summed E-state index contributed by atoms with van der Waals surface area (Å²) >= 11 is 0. The molecule has 0 unspecified atom stereocenters. The summed E-state index contributed by atoms with van der Waals surface area (Å²) in [5.74, 6) is 0. The van der Waals surface area contributed by atoms with Crippen LogP contribution in [0.3, 0.4) is 0 Å². The average molecular weight is 222 g/mol. The van der Waals surface area contributed by atoms with Gasteiger partial charge < -0.3 is 14.9 Å². The summed E-state index contributed by atoms with van der Waals surface area (Å²) in [5.41, 5.74) is 1.08. The van der Waals surface area contributed by atoms with E-state index in [1.54, 1.807) is 6.08 Å². The van der Waals surface area contributed by atoms with Crippen molar-refractivity contribution in [2.45, 2.75) is 25.2 Å². The number of hydrogen-bond acceptors (Lipinski definition) is 3. The van der Waals surface area contributed by atoms with Gasteiger partial charge in [-0.05, 0) is 5.56 Å². The van der Waals surface area contributed by atoms with E-state index in [1.807, 2.05) is 30.3 Å². The lowest BCUT2D eigenvalue weighted by Crippen LogP contribution is -2.21. The highest BCUT2D eigenvalue weighted by Gasteiger charge is 2.11. The lowest BCUT2D eigenvalue weighted by Gasteiger charge is -2.16. The fourth-order valence-electron chi connectivity index (χ4n) is 1.35. The van der Waals surface area contributed by atoms with Crippen LogP contribution in [0.5, 0.6) is 0 Å². The second kappa shape index (κ2) is 7.17. The fraction of sp³-hybridized carbons (Fsp3) is 0.385. The van der Waals surface area contributed by atoms with Gasteiger partial charge in [-0.25, -0.2) is 0 Å². The first-order valence-electron chi connectivity index (χ1n) is 5.33. The summed E-state index contributed by atoms with van der Waals surface area (Å²) in [4.78, 5) is 0. The predicted octanol–water partition coefficient (Wildman–Crippen LogP) is 1.50. The first kappa shape index (κ1) is 12.9. The van der Waals surface area contributed by atoms with Gasteiger partial charge >= 0.3 is 0 Å².